The maximum Gasteiger partial charge on any atom is 0.252 e. The van der Waals surface area contributed by atoms with Crippen LogP contribution in [-0.4, -0.2) is 10.9 Å². The van der Waals surface area contributed by atoms with E-state index < -0.39 is 0 Å². The predicted molar refractivity (Wildman–Crippen MR) is 94.7 cm³/mol. The largest absolute Gasteiger partial charge is 0.345 e. The van der Waals surface area contributed by atoms with Gasteiger partial charge in [-0.15, -0.1) is 0 Å². The molecule has 0 aliphatic rings. The molecule has 1 N–H and O–H groups in total. The molecule has 0 saturated heterocycles. The number of amides is 1. The molecular weight excluding hydrogens is 284 g/mol. The van der Waals surface area contributed by atoms with Crippen LogP contribution in [0.1, 0.15) is 79.5 Å². The van der Waals surface area contributed by atoms with Crippen molar-refractivity contribution in [2.45, 2.75) is 52.5 Å². The van der Waals surface area contributed by atoms with E-state index in [0.717, 1.165) is 22.3 Å². The molecule has 1 atom stereocenters. The van der Waals surface area contributed by atoms with Crippen molar-refractivity contribution in [3.63, 3.8) is 0 Å². The summed E-state index contributed by atoms with van der Waals surface area (Å²) in [6.07, 6.45) is 3.53. The normalized spacial score (nSPS) is 12.5. The van der Waals surface area contributed by atoms with Gasteiger partial charge in [0.05, 0.1) is 6.04 Å². The van der Waals surface area contributed by atoms with E-state index in [1.165, 1.54) is 0 Å². The van der Waals surface area contributed by atoms with Crippen LogP contribution in [0.3, 0.4) is 0 Å². The lowest BCUT2D eigenvalue weighted by Gasteiger charge is -2.21. The first-order valence-electron chi connectivity index (χ1n) is 8.25. The molecule has 3 nitrogen and oxygen atoms in total. The third-order valence-corrected chi connectivity index (χ3v) is 4.13. The van der Waals surface area contributed by atoms with Gasteiger partial charge in [0.1, 0.15) is 0 Å². The zero-order chi connectivity index (χ0) is 17.0. The average molecular weight is 310 g/mol. The van der Waals surface area contributed by atoms with E-state index in [1.807, 2.05) is 25.1 Å². The topological polar surface area (TPSA) is 42.0 Å². The minimum Gasteiger partial charge on any atom is -0.345 e. The Morgan fingerprint density at radius 1 is 0.957 bits per heavy atom. The molecule has 0 radical (unpaired) electrons. The Labute approximate surface area is 139 Å². The SMILES string of the molecule is CC(C)c1cccc(C(C)C)c1C(=O)NC(C)c1cccnc1. The van der Waals surface area contributed by atoms with Gasteiger partial charge < -0.3 is 5.32 Å². The zero-order valence-electron chi connectivity index (χ0n) is 14.6. The average Bonchev–Trinajstić information content (AvgIpc) is 2.54. The van der Waals surface area contributed by atoms with E-state index in [2.05, 4.69) is 50.1 Å². The van der Waals surface area contributed by atoms with Crippen LogP contribution in [-0.2, 0) is 0 Å². The molecule has 0 aliphatic heterocycles. The summed E-state index contributed by atoms with van der Waals surface area (Å²) in [6.45, 7) is 10.5. The standard InChI is InChI=1S/C20H26N2O/c1-13(2)17-9-6-10-18(14(3)4)19(17)20(23)22-15(5)16-8-7-11-21-12-16/h6-15H,1-5H3,(H,22,23). The van der Waals surface area contributed by atoms with Crippen molar-refractivity contribution < 1.29 is 4.79 Å². The Kier molecular flexibility index (Phi) is 5.54. The Hall–Kier alpha value is -2.16. The number of pyridine rings is 1. The number of carbonyl (C=O) groups excluding carboxylic acids is 1. The molecule has 0 spiro atoms. The van der Waals surface area contributed by atoms with E-state index in [9.17, 15) is 4.79 Å². The summed E-state index contributed by atoms with van der Waals surface area (Å²) in [6, 6.07) is 9.96. The van der Waals surface area contributed by atoms with Gasteiger partial charge in [0, 0.05) is 18.0 Å². The molecule has 122 valence electrons. The van der Waals surface area contributed by atoms with Gasteiger partial charge >= 0.3 is 0 Å². The highest BCUT2D eigenvalue weighted by molar-refractivity contribution is 5.97. The second-order valence-electron chi connectivity index (χ2n) is 6.60. The van der Waals surface area contributed by atoms with E-state index >= 15 is 0 Å². The van der Waals surface area contributed by atoms with Crippen LogP contribution in [0.25, 0.3) is 0 Å². The summed E-state index contributed by atoms with van der Waals surface area (Å²) >= 11 is 0. The fraction of sp³-hybridized carbons (Fsp3) is 0.400. The van der Waals surface area contributed by atoms with Crippen LogP contribution in [0.2, 0.25) is 0 Å². The van der Waals surface area contributed by atoms with Gasteiger partial charge in [0.2, 0.25) is 0 Å². The molecule has 1 unspecified atom stereocenters. The number of aromatic nitrogens is 1. The van der Waals surface area contributed by atoms with Crippen molar-refractivity contribution in [2.75, 3.05) is 0 Å². The fourth-order valence-electron chi connectivity index (χ4n) is 2.80. The van der Waals surface area contributed by atoms with Crippen molar-refractivity contribution >= 4 is 5.91 Å². The second-order valence-corrected chi connectivity index (χ2v) is 6.60. The third-order valence-electron chi connectivity index (χ3n) is 4.13. The van der Waals surface area contributed by atoms with Crippen LogP contribution >= 0.6 is 0 Å². The molecule has 1 heterocycles. The number of hydrogen-bond donors (Lipinski definition) is 1. The van der Waals surface area contributed by atoms with Gasteiger partial charge in [-0.25, -0.2) is 0 Å². The Bertz CT molecular complexity index is 636. The molecule has 3 heteroatoms. The molecule has 0 fully saturated rings. The number of nitrogens with one attached hydrogen (secondary N) is 1. The zero-order valence-corrected chi connectivity index (χ0v) is 14.6. The monoisotopic (exact) mass is 310 g/mol. The third kappa shape index (κ3) is 3.98. The maximum atomic E-state index is 12.9. The van der Waals surface area contributed by atoms with Crippen LogP contribution in [0, 0.1) is 0 Å². The van der Waals surface area contributed by atoms with Crippen LogP contribution in [0.4, 0.5) is 0 Å². The molecule has 1 aromatic heterocycles. The smallest absolute Gasteiger partial charge is 0.252 e. The van der Waals surface area contributed by atoms with Crippen LogP contribution in [0.15, 0.2) is 42.7 Å². The van der Waals surface area contributed by atoms with Crippen molar-refractivity contribution in [2.24, 2.45) is 0 Å². The number of hydrogen-bond acceptors (Lipinski definition) is 2. The Morgan fingerprint density at radius 3 is 2.04 bits per heavy atom. The predicted octanol–water partition coefficient (Wildman–Crippen LogP) is 4.82. The number of benzene rings is 1. The number of rotatable bonds is 5. The van der Waals surface area contributed by atoms with E-state index in [1.54, 1.807) is 12.4 Å². The van der Waals surface area contributed by atoms with E-state index in [0.29, 0.717) is 11.8 Å². The van der Waals surface area contributed by atoms with Crippen molar-refractivity contribution in [1.82, 2.24) is 10.3 Å². The second kappa shape index (κ2) is 7.40. The summed E-state index contributed by atoms with van der Waals surface area (Å²) < 4.78 is 0. The van der Waals surface area contributed by atoms with Gasteiger partial charge in [0.15, 0.2) is 0 Å². The highest BCUT2D eigenvalue weighted by atomic mass is 16.1. The highest BCUT2D eigenvalue weighted by Crippen LogP contribution is 2.28. The van der Waals surface area contributed by atoms with E-state index in [4.69, 9.17) is 0 Å². The summed E-state index contributed by atoms with van der Waals surface area (Å²) in [7, 11) is 0. The summed E-state index contributed by atoms with van der Waals surface area (Å²) in [5, 5.41) is 3.12. The number of nitrogens with zero attached hydrogens (tertiary/aromatic N) is 1. The molecular formula is C20H26N2O. The lowest BCUT2D eigenvalue weighted by molar-refractivity contribution is 0.0937. The minimum atomic E-state index is -0.0727. The van der Waals surface area contributed by atoms with Gasteiger partial charge in [-0.3, -0.25) is 9.78 Å². The summed E-state index contributed by atoms with van der Waals surface area (Å²) in [5.74, 6) is 0.612. The quantitative estimate of drug-likeness (QED) is 0.860. The molecule has 1 aromatic carbocycles. The maximum absolute atomic E-state index is 12.9. The Morgan fingerprint density at radius 2 is 1.57 bits per heavy atom. The van der Waals surface area contributed by atoms with Crippen molar-refractivity contribution in [1.29, 1.82) is 0 Å². The summed E-state index contributed by atoms with van der Waals surface area (Å²) in [5.41, 5.74) is 4.04. The summed E-state index contributed by atoms with van der Waals surface area (Å²) in [4.78, 5) is 17.1. The van der Waals surface area contributed by atoms with Gasteiger partial charge in [-0.2, -0.15) is 0 Å². The lowest BCUT2D eigenvalue weighted by Crippen LogP contribution is -2.29. The molecule has 2 rings (SSSR count). The first-order chi connectivity index (χ1) is 10.9. The molecule has 1 amide bonds. The van der Waals surface area contributed by atoms with Crippen LogP contribution in [0.5, 0.6) is 0 Å². The highest BCUT2D eigenvalue weighted by Gasteiger charge is 2.21. The molecule has 23 heavy (non-hydrogen) atoms. The van der Waals surface area contributed by atoms with Crippen LogP contribution < -0.4 is 5.32 Å². The first kappa shape index (κ1) is 17.2. The molecule has 2 aromatic rings. The minimum absolute atomic E-state index is 0.00523. The molecule has 0 bridgehead atoms. The molecule has 0 saturated carbocycles. The van der Waals surface area contributed by atoms with Gasteiger partial charge in [0.25, 0.3) is 5.91 Å². The molecule has 0 aliphatic carbocycles. The first-order valence-corrected chi connectivity index (χ1v) is 8.25. The van der Waals surface area contributed by atoms with Gasteiger partial charge in [-0.1, -0.05) is 52.0 Å². The fourth-order valence-corrected chi connectivity index (χ4v) is 2.80. The number of carbonyl (C=O) groups is 1. The Balaban J connectivity index is 2.35. The van der Waals surface area contributed by atoms with E-state index in [-0.39, 0.29) is 11.9 Å². The van der Waals surface area contributed by atoms with Crippen molar-refractivity contribution in [3.05, 3.63) is 65.0 Å². The lowest BCUT2D eigenvalue weighted by atomic mass is 9.88. The van der Waals surface area contributed by atoms with Gasteiger partial charge in [-0.05, 0) is 41.5 Å². The van der Waals surface area contributed by atoms with Crippen molar-refractivity contribution in [3.8, 4) is 0 Å².